The van der Waals surface area contributed by atoms with E-state index in [4.69, 9.17) is 4.74 Å². The predicted octanol–water partition coefficient (Wildman–Crippen LogP) is 4.42. The van der Waals surface area contributed by atoms with E-state index >= 15 is 0 Å². The lowest BCUT2D eigenvalue weighted by molar-refractivity contribution is -0.156. The molecule has 0 amide bonds. The number of hydrogen-bond acceptors (Lipinski definition) is 3. The van der Waals surface area contributed by atoms with Crippen LogP contribution < -0.4 is 0 Å². The fraction of sp³-hybridized carbons (Fsp3) is 0.870. The van der Waals surface area contributed by atoms with E-state index in [2.05, 4.69) is 38.9 Å². The minimum absolute atomic E-state index is 0.122. The number of fused-ring (bicyclic) bond motifs is 4. The maximum absolute atomic E-state index is 12.9. The molecule has 0 aromatic heterocycles. The van der Waals surface area contributed by atoms with Crippen LogP contribution in [0, 0.1) is 34.5 Å². The maximum Gasteiger partial charge on any atom is 0.313 e. The standard InChI is InChI=1S/C23H35NO2/c1-14-18-7-8-20-17-6-5-15-13-16(24(3)4)9-11-22(15,2)19(17)10-12-23(18,20)21(25)26-14/h5,14,16-20H,6-13H2,1-4H3/t14-,16-,17-,18-,19+,20+,22+,23+/m1/s1. The molecule has 0 radical (unpaired) electrons. The van der Waals surface area contributed by atoms with Crippen molar-refractivity contribution in [2.75, 3.05) is 14.1 Å². The van der Waals surface area contributed by atoms with Gasteiger partial charge in [-0.1, -0.05) is 18.6 Å². The Morgan fingerprint density at radius 1 is 1.08 bits per heavy atom. The second kappa shape index (κ2) is 5.59. The van der Waals surface area contributed by atoms with Crippen molar-refractivity contribution in [2.45, 2.75) is 77.4 Å². The topological polar surface area (TPSA) is 29.5 Å². The van der Waals surface area contributed by atoms with Crippen molar-refractivity contribution in [3.05, 3.63) is 11.6 Å². The first-order valence-electron chi connectivity index (χ1n) is 10.9. The predicted molar refractivity (Wildman–Crippen MR) is 103 cm³/mol. The highest BCUT2D eigenvalue weighted by atomic mass is 16.6. The molecule has 1 heterocycles. The summed E-state index contributed by atoms with van der Waals surface area (Å²) < 4.78 is 5.78. The normalized spacial score (nSPS) is 52.7. The van der Waals surface area contributed by atoms with Gasteiger partial charge in [-0.05, 0) is 95.6 Å². The van der Waals surface area contributed by atoms with E-state index in [9.17, 15) is 4.79 Å². The first kappa shape index (κ1) is 17.3. The lowest BCUT2D eigenvalue weighted by Gasteiger charge is -2.57. The SMILES string of the molecule is C[C@H]1OC(=O)[C@]23CC[C@H]4[C@@H](CC=C5C[C@H](N(C)C)CC[C@@]54C)[C@@H]2CC[C@H]13. The minimum atomic E-state index is -0.122. The molecule has 3 heteroatoms. The Bertz CT molecular complexity index is 655. The highest BCUT2D eigenvalue weighted by Gasteiger charge is 2.68. The minimum Gasteiger partial charge on any atom is -0.462 e. The molecule has 0 aromatic rings. The van der Waals surface area contributed by atoms with E-state index in [0.717, 1.165) is 12.3 Å². The van der Waals surface area contributed by atoms with Crippen molar-refractivity contribution in [3.8, 4) is 0 Å². The Hall–Kier alpha value is -0.830. The lowest BCUT2D eigenvalue weighted by atomic mass is 9.47. The Balaban J connectivity index is 1.48. The third-order valence-electron chi connectivity index (χ3n) is 9.63. The number of ether oxygens (including phenoxy) is 1. The summed E-state index contributed by atoms with van der Waals surface area (Å²) in [4.78, 5) is 15.4. The average Bonchev–Trinajstić information content (AvgIpc) is 3.10. The van der Waals surface area contributed by atoms with Crippen molar-refractivity contribution >= 4 is 5.97 Å². The van der Waals surface area contributed by atoms with Crippen LogP contribution in [0.4, 0.5) is 0 Å². The molecule has 5 aliphatic rings. The molecule has 1 saturated heterocycles. The molecule has 26 heavy (non-hydrogen) atoms. The fourth-order valence-electron chi connectivity index (χ4n) is 8.22. The van der Waals surface area contributed by atoms with Crippen molar-refractivity contribution in [3.63, 3.8) is 0 Å². The summed E-state index contributed by atoms with van der Waals surface area (Å²) in [5, 5.41) is 0. The number of cyclic esters (lactones) is 1. The zero-order valence-electron chi connectivity index (χ0n) is 17.0. The summed E-state index contributed by atoms with van der Waals surface area (Å²) in [7, 11) is 4.46. The molecule has 3 nitrogen and oxygen atoms in total. The summed E-state index contributed by atoms with van der Waals surface area (Å²) in [6.45, 7) is 4.69. The van der Waals surface area contributed by atoms with Gasteiger partial charge < -0.3 is 9.64 Å². The quantitative estimate of drug-likeness (QED) is 0.514. The molecular weight excluding hydrogens is 322 g/mol. The van der Waals surface area contributed by atoms with Gasteiger partial charge in [-0.2, -0.15) is 0 Å². The third-order valence-corrected chi connectivity index (χ3v) is 9.63. The van der Waals surface area contributed by atoms with Gasteiger partial charge in [0.1, 0.15) is 6.10 Å². The first-order valence-corrected chi connectivity index (χ1v) is 10.9. The number of nitrogens with zero attached hydrogens (tertiary/aromatic N) is 1. The monoisotopic (exact) mass is 357 g/mol. The summed E-state index contributed by atoms with van der Waals surface area (Å²) >= 11 is 0. The average molecular weight is 358 g/mol. The van der Waals surface area contributed by atoms with Crippen LogP contribution in [0.15, 0.2) is 11.6 Å². The summed E-state index contributed by atoms with van der Waals surface area (Å²) in [6, 6.07) is 0.710. The maximum atomic E-state index is 12.9. The Labute approximate surface area is 158 Å². The molecule has 0 unspecified atom stereocenters. The summed E-state index contributed by atoms with van der Waals surface area (Å²) in [6.07, 6.45) is 12.6. The molecule has 144 valence electrons. The third kappa shape index (κ3) is 2.02. The van der Waals surface area contributed by atoms with Crippen LogP contribution in [0.2, 0.25) is 0 Å². The molecule has 3 saturated carbocycles. The van der Waals surface area contributed by atoms with Crippen LogP contribution >= 0.6 is 0 Å². The van der Waals surface area contributed by atoms with Crippen molar-refractivity contribution in [2.24, 2.45) is 34.5 Å². The van der Waals surface area contributed by atoms with E-state index in [0.29, 0.717) is 29.2 Å². The lowest BCUT2D eigenvalue weighted by Crippen LogP contribution is -2.53. The molecular formula is C23H35NO2. The number of rotatable bonds is 1. The summed E-state index contributed by atoms with van der Waals surface area (Å²) in [5.41, 5.74) is 1.99. The van der Waals surface area contributed by atoms with E-state index < -0.39 is 0 Å². The molecule has 8 atom stereocenters. The van der Waals surface area contributed by atoms with Gasteiger partial charge in [0.2, 0.25) is 0 Å². The first-order chi connectivity index (χ1) is 12.4. The Morgan fingerprint density at radius 2 is 1.85 bits per heavy atom. The van der Waals surface area contributed by atoms with Gasteiger partial charge in [-0.15, -0.1) is 0 Å². The van der Waals surface area contributed by atoms with E-state index in [1.807, 2.05) is 0 Å². The smallest absolute Gasteiger partial charge is 0.313 e. The second-order valence-corrected chi connectivity index (χ2v) is 10.5. The largest absolute Gasteiger partial charge is 0.462 e. The van der Waals surface area contributed by atoms with E-state index in [1.54, 1.807) is 5.57 Å². The molecule has 1 spiro atoms. The van der Waals surface area contributed by atoms with Crippen LogP contribution in [-0.2, 0) is 9.53 Å². The molecule has 0 bridgehead atoms. The van der Waals surface area contributed by atoms with Gasteiger partial charge in [0, 0.05) is 12.0 Å². The fourth-order valence-corrected chi connectivity index (χ4v) is 8.22. The van der Waals surface area contributed by atoms with Gasteiger partial charge >= 0.3 is 5.97 Å². The number of allylic oxidation sites excluding steroid dienone is 1. The van der Waals surface area contributed by atoms with Crippen LogP contribution in [0.1, 0.15) is 65.2 Å². The van der Waals surface area contributed by atoms with Crippen LogP contribution in [0.3, 0.4) is 0 Å². The van der Waals surface area contributed by atoms with Crippen molar-refractivity contribution in [1.29, 1.82) is 0 Å². The van der Waals surface area contributed by atoms with Crippen molar-refractivity contribution < 1.29 is 9.53 Å². The molecule has 0 N–H and O–H groups in total. The Morgan fingerprint density at radius 3 is 2.62 bits per heavy atom. The highest BCUT2D eigenvalue weighted by molar-refractivity contribution is 5.81. The highest BCUT2D eigenvalue weighted by Crippen LogP contribution is 2.68. The zero-order valence-corrected chi connectivity index (χ0v) is 17.0. The van der Waals surface area contributed by atoms with E-state index in [1.165, 1.54) is 44.9 Å². The summed E-state index contributed by atoms with van der Waals surface area (Å²) in [5.74, 6) is 2.71. The molecule has 4 fully saturated rings. The second-order valence-electron chi connectivity index (χ2n) is 10.5. The number of hydrogen-bond donors (Lipinski definition) is 0. The van der Waals surface area contributed by atoms with Gasteiger partial charge in [0.25, 0.3) is 0 Å². The van der Waals surface area contributed by atoms with Crippen LogP contribution in [-0.4, -0.2) is 37.1 Å². The molecule has 5 rings (SSSR count). The van der Waals surface area contributed by atoms with Crippen LogP contribution in [0.5, 0.6) is 0 Å². The van der Waals surface area contributed by atoms with Crippen molar-refractivity contribution in [1.82, 2.24) is 4.90 Å². The molecule has 4 aliphatic carbocycles. The molecule has 1 aliphatic heterocycles. The van der Waals surface area contributed by atoms with E-state index in [-0.39, 0.29) is 17.5 Å². The number of esters is 1. The van der Waals surface area contributed by atoms with Gasteiger partial charge in [0.05, 0.1) is 5.41 Å². The van der Waals surface area contributed by atoms with Gasteiger partial charge in [0.15, 0.2) is 0 Å². The number of carbonyl (C=O) groups is 1. The van der Waals surface area contributed by atoms with Crippen LogP contribution in [0.25, 0.3) is 0 Å². The van der Waals surface area contributed by atoms with Gasteiger partial charge in [-0.3, -0.25) is 4.79 Å². The Kier molecular flexibility index (Phi) is 3.72. The number of carbonyl (C=O) groups excluding carboxylic acids is 1. The van der Waals surface area contributed by atoms with Gasteiger partial charge in [-0.25, -0.2) is 0 Å². The molecule has 0 aromatic carbocycles. The zero-order chi connectivity index (χ0) is 18.3.